The lowest BCUT2D eigenvalue weighted by Crippen LogP contribution is -2.15. The van der Waals surface area contributed by atoms with Gasteiger partial charge in [-0.05, 0) is 34.7 Å². The molecule has 0 saturated carbocycles. The summed E-state index contributed by atoms with van der Waals surface area (Å²) in [6, 6.07) is 12.2. The van der Waals surface area contributed by atoms with Crippen LogP contribution in [-0.2, 0) is 9.53 Å². The topological polar surface area (TPSA) is 26.3 Å². The first kappa shape index (κ1) is 14.2. The van der Waals surface area contributed by atoms with Crippen LogP contribution in [0, 0.1) is 0 Å². The average molecular weight is 295 g/mol. The molecule has 2 aromatic rings. The third-order valence-corrected chi connectivity index (χ3v) is 4.15. The van der Waals surface area contributed by atoms with E-state index in [9.17, 15) is 4.79 Å². The van der Waals surface area contributed by atoms with Crippen LogP contribution in [0.3, 0.4) is 0 Å². The van der Waals surface area contributed by atoms with Crippen molar-refractivity contribution >= 4 is 40.1 Å². The van der Waals surface area contributed by atoms with E-state index in [0.29, 0.717) is 0 Å². The molecule has 2 nitrogen and oxygen atoms in total. The number of ether oxygens (including phenoxy) is 1. The molecule has 0 aliphatic rings. The standard InChI is InChI=1S/C15H15ClO2S/c1-18-15(17)14(9-16)12-4-3-11-8-13(19-2)6-5-10(11)7-12/h3-8,14H,9H2,1-2H3. The number of hydrogen-bond donors (Lipinski definition) is 0. The van der Waals surface area contributed by atoms with Crippen molar-refractivity contribution in [1.29, 1.82) is 0 Å². The van der Waals surface area contributed by atoms with E-state index in [4.69, 9.17) is 16.3 Å². The predicted molar refractivity (Wildman–Crippen MR) is 81.2 cm³/mol. The number of hydrogen-bond acceptors (Lipinski definition) is 3. The van der Waals surface area contributed by atoms with Gasteiger partial charge in [0.15, 0.2) is 0 Å². The van der Waals surface area contributed by atoms with E-state index in [-0.39, 0.29) is 11.8 Å². The summed E-state index contributed by atoms with van der Waals surface area (Å²) in [6.45, 7) is 0. The monoisotopic (exact) mass is 294 g/mol. The summed E-state index contributed by atoms with van der Waals surface area (Å²) < 4.78 is 4.78. The number of carbonyl (C=O) groups is 1. The third-order valence-electron chi connectivity index (χ3n) is 3.11. The van der Waals surface area contributed by atoms with E-state index in [1.54, 1.807) is 11.8 Å². The van der Waals surface area contributed by atoms with Gasteiger partial charge in [-0.1, -0.05) is 24.3 Å². The maximum Gasteiger partial charge on any atom is 0.314 e. The molecule has 0 bridgehead atoms. The maximum absolute atomic E-state index is 11.7. The average Bonchev–Trinajstić information content (AvgIpc) is 2.47. The van der Waals surface area contributed by atoms with Gasteiger partial charge in [-0.3, -0.25) is 4.79 Å². The number of carbonyl (C=O) groups excluding carboxylic acids is 1. The fraction of sp³-hybridized carbons (Fsp3) is 0.267. The van der Waals surface area contributed by atoms with Gasteiger partial charge in [-0.15, -0.1) is 23.4 Å². The van der Waals surface area contributed by atoms with Crippen LogP contribution in [0.25, 0.3) is 10.8 Å². The Morgan fingerprint density at radius 1 is 1.26 bits per heavy atom. The second-order valence-corrected chi connectivity index (χ2v) is 5.39. The van der Waals surface area contributed by atoms with Gasteiger partial charge in [-0.2, -0.15) is 0 Å². The normalized spacial score (nSPS) is 12.4. The molecule has 0 saturated heterocycles. The first-order valence-electron chi connectivity index (χ1n) is 5.91. The van der Waals surface area contributed by atoms with Crippen LogP contribution in [0.5, 0.6) is 0 Å². The quantitative estimate of drug-likeness (QED) is 0.483. The SMILES string of the molecule is COC(=O)C(CCl)c1ccc2cc(SC)ccc2c1. The van der Waals surface area contributed by atoms with Crippen molar-refractivity contribution in [3.8, 4) is 0 Å². The van der Waals surface area contributed by atoms with E-state index < -0.39 is 5.92 Å². The summed E-state index contributed by atoms with van der Waals surface area (Å²) in [4.78, 5) is 12.9. The number of rotatable bonds is 4. The number of benzene rings is 2. The van der Waals surface area contributed by atoms with Crippen LogP contribution in [-0.4, -0.2) is 25.2 Å². The summed E-state index contributed by atoms with van der Waals surface area (Å²) in [6.07, 6.45) is 2.05. The number of esters is 1. The molecule has 1 atom stereocenters. The molecular weight excluding hydrogens is 280 g/mol. The van der Waals surface area contributed by atoms with Gasteiger partial charge in [0.25, 0.3) is 0 Å². The Morgan fingerprint density at radius 2 is 1.95 bits per heavy atom. The van der Waals surface area contributed by atoms with Crippen LogP contribution in [0.2, 0.25) is 0 Å². The first-order valence-corrected chi connectivity index (χ1v) is 7.67. The van der Waals surface area contributed by atoms with Crippen LogP contribution in [0.1, 0.15) is 11.5 Å². The minimum Gasteiger partial charge on any atom is -0.469 e. The van der Waals surface area contributed by atoms with Gasteiger partial charge >= 0.3 is 5.97 Å². The number of fused-ring (bicyclic) bond motifs is 1. The zero-order valence-electron chi connectivity index (χ0n) is 10.9. The summed E-state index contributed by atoms with van der Waals surface area (Å²) in [7, 11) is 1.38. The highest BCUT2D eigenvalue weighted by molar-refractivity contribution is 7.98. The maximum atomic E-state index is 11.7. The second-order valence-electron chi connectivity index (χ2n) is 4.20. The number of methoxy groups -OCH3 is 1. The lowest BCUT2D eigenvalue weighted by molar-refractivity contribution is -0.141. The van der Waals surface area contributed by atoms with Crippen molar-refractivity contribution in [1.82, 2.24) is 0 Å². The summed E-state index contributed by atoms with van der Waals surface area (Å²) >= 11 is 7.58. The Morgan fingerprint density at radius 3 is 2.58 bits per heavy atom. The molecule has 0 aliphatic carbocycles. The third kappa shape index (κ3) is 3.04. The van der Waals surface area contributed by atoms with E-state index >= 15 is 0 Å². The Labute approximate surface area is 122 Å². The Balaban J connectivity index is 2.43. The number of thioether (sulfide) groups is 1. The van der Waals surface area contributed by atoms with Crippen LogP contribution >= 0.6 is 23.4 Å². The Kier molecular flexibility index (Phi) is 4.72. The van der Waals surface area contributed by atoms with Crippen molar-refractivity contribution < 1.29 is 9.53 Å². The largest absolute Gasteiger partial charge is 0.469 e. The van der Waals surface area contributed by atoms with E-state index in [1.165, 1.54) is 12.0 Å². The van der Waals surface area contributed by atoms with Gasteiger partial charge in [0.05, 0.1) is 13.0 Å². The van der Waals surface area contributed by atoms with Gasteiger partial charge in [-0.25, -0.2) is 0 Å². The molecule has 0 fully saturated rings. The zero-order valence-corrected chi connectivity index (χ0v) is 12.4. The molecular formula is C15H15ClO2S. The molecule has 0 aromatic heterocycles. The highest BCUT2D eigenvalue weighted by atomic mass is 35.5. The van der Waals surface area contributed by atoms with E-state index in [2.05, 4.69) is 24.5 Å². The van der Waals surface area contributed by atoms with Crippen LogP contribution in [0.15, 0.2) is 41.3 Å². The Bertz CT molecular complexity index is 598. The van der Waals surface area contributed by atoms with Crippen molar-refractivity contribution in [3.05, 3.63) is 42.0 Å². The van der Waals surface area contributed by atoms with Gasteiger partial charge in [0, 0.05) is 10.8 Å². The van der Waals surface area contributed by atoms with Gasteiger partial charge < -0.3 is 4.74 Å². The zero-order chi connectivity index (χ0) is 13.8. The smallest absolute Gasteiger partial charge is 0.314 e. The Hall–Kier alpha value is -1.19. The minimum absolute atomic E-state index is 0.223. The van der Waals surface area contributed by atoms with Gasteiger partial charge in [0.1, 0.15) is 0 Å². The van der Waals surface area contributed by atoms with Crippen molar-refractivity contribution in [2.75, 3.05) is 19.2 Å². The summed E-state index contributed by atoms with van der Waals surface area (Å²) in [5.41, 5.74) is 0.895. The van der Waals surface area contributed by atoms with Crippen molar-refractivity contribution in [2.45, 2.75) is 10.8 Å². The van der Waals surface area contributed by atoms with Crippen LogP contribution < -0.4 is 0 Å². The molecule has 100 valence electrons. The predicted octanol–water partition coefficient (Wildman–Crippen LogP) is 4.06. The highest BCUT2D eigenvalue weighted by Crippen LogP contribution is 2.26. The first-order chi connectivity index (χ1) is 9.19. The fourth-order valence-corrected chi connectivity index (χ4v) is 2.77. The molecule has 2 rings (SSSR count). The number of halogens is 1. The molecule has 0 aliphatic heterocycles. The molecule has 0 spiro atoms. The van der Waals surface area contributed by atoms with Crippen molar-refractivity contribution in [3.63, 3.8) is 0 Å². The molecule has 0 amide bonds. The molecule has 0 heterocycles. The lowest BCUT2D eigenvalue weighted by Gasteiger charge is -2.12. The molecule has 1 unspecified atom stereocenters. The van der Waals surface area contributed by atoms with Gasteiger partial charge in [0.2, 0.25) is 0 Å². The summed E-state index contributed by atoms with van der Waals surface area (Å²) in [5.74, 6) is -0.479. The van der Waals surface area contributed by atoms with E-state index in [0.717, 1.165) is 16.3 Å². The fourth-order valence-electron chi connectivity index (χ4n) is 2.02. The highest BCUT2D eigenvalue weighted by Gasteiger charge is 2.20. The molecule has 2 aromatic carbocycles. The molecule has 4 heteroatoms. The number of alkyl halides is 1. The van der Waals surface area contributed by atoms with Crippen molar-refractivity contribution in [2.24, 2.45) is 0 Å². The lowest BCUT2D eigenvalue weighted by atomic mass is 9.98. The minimum atomic E-state index is -0.406. The molecule has 0 N–H and O–H groups in total. The summed E-state index contributed by atoms with van der Waals surface area (Å²) in [5, 5.41) is 2.27. The van der Waals surface area contributed by atoms with E-state index in [1.807, 2.05) is 18.2 Å². The van der Waals surface area contributed by atoms with Crippen LogP contribution in [0.4, 0.5) is 0 Å². The second kappa shape index (κ2) is 6.31. The molecule has 19 heavy (non-hydrogen) atoms. The molecule has 0 radical (unpaired) electrons.